The molecule has 0 fully saturated rings. The van der Waals surface area contributed by atoms with Gasteiger partial charge in [-0.1, -0.05) is 22.0 Å². The van der Waals surface area contributed by atoms with Gasteiger partial charge in [-0.25, -0.2) is 4.39 Å². The molecule has 0 bridgehead atoms. The highest BCUT2D eigenvalue weighted by Crippen LogP contribution is 2.26. The SMILES string of the molecule is O=C1CCCc2ccc(NC(=O)c3ccc(Br)cc3F)cc2N1. The molecule has 0 spiro atoms. The van der Waals surface area contributed by atoms with Crippen LogP contribution in [0.5, 0.6) is 0 Å². The Hall–Kier alpha value is -2.21. The van der Waals surface area contributed by atoms with Gasteiger partial charge < -0.3 is 10.6 Å². The molecule has 0 atom stereocenters. The van der Waals surface area contributed by atoms with Crippen molar-refractivity contribution >= 4 is 39.1 Å². The molecule has 2 amide bonds. The fraction of sp³-hybridized carbons (Fsp3) is 0.176. The molecule has 3 rings (SSSR count). The van der Waals surface area contributed by atoms with E-state index in [-0.39, 0.29) is 11.5 Å². The minimum Gasteiger partial charge on any atom is -0.326 e. The summed E-state index contributed by atoms with van der Waals surface area (Å²) in [6.07, 6.45) is 2.10. The first-order chi connectivity index (χ1) is 11.0. The van der Waals surface area contributed by atoms with Crippen molar-refractivity contribution < 1.29 is 14.0 Å². The van der Waals surface area contributed by atoms with Crippen LogP contribution in [-0.4, -0.2) is 11.8 Å². The summed E-state index contributed by atoms with van der Waals surface area (Å²) in [6.45, 7) is 0. The molecular formula is C17H14BrFN2O2. The van der Waals surface area contributed by atoms with Crippen LogP contribution in [0.1, 0.15) is 28.8 Å². The van der Waals surface area contributed by atoms with Crippen molar-refractivity contribution in [1.82, 2.24) is 0 Å². The molecule has 2 aromatic carbocycles. The largest absolute Gasteiger partial charge is 0.326 e. The number of hydrogen-bond acceptors (Lipinski definition) is 2. The molecule has 2 aromatic rings. The molecule has 1 aliphatic rings. The van der Waals surface area contributed by atoms with Gasteiger partial charge in [0.1, 0.15) is 5.82 Å². The summed E-state index contributed by atoms with van der Waals surface area (Å²) < 4.78 is 14.4. The van der Waals surface area contributed by atoms with Gasteiger partial charge in [-0.15, -0.1) is 0 Å². The normalized spacial score (nSPS) is 13.7. The highest BCUT2D eigenvalue weighted by atomic mass is 79.9. The Kier molecular flexibility index (Phi) is 4.43. The number of anilines is 2. The number of benzene rings is 2. The van der Waals surface area contributed by atoms with Gasteiger partial charge >= 0.3 is 0 Å². The van der Waals surface area contributed by atoms with Crippen LogP contribution in [0.4, 0.5) is 15.8 Å². The van der Waals surface area contributed by atoms with E-state index in [4.69, 9.17) is 0 Å². The summed E-state index contributed by atoms with van der Waals surface area (Å²) in [5.41, 5.74) is 2.20. The van der Waals surface area contributed by atoms with E-state index in [1.807, 2.05) is 6.07 Å². The predicted octanol–water partition coefficient (Wildman–Crippen LogP) is 4.12. The Morgan fingerprint density at radius 1 is 1.17 bits per heavy atom. The van der Waals surface area contributed by atoms with Gasteiger partial charge in [-0.05, 0) is 48.7 Å². The lowest BCUT2D eigenvalue weighted by atomic mass is 10.1. The van der Waals surface area contributed by atoms with Gasteiger partial charge in [0.05, 0.1) is 5.56 Å². The predicted molar refractivity (Wildman–Crippen MR) is 90.1 cm³/mol. The van der Waals surface area contributed by atoms with Gasteiger partial charge in [-0.3, -0.25) is 9.59 Å². The molecule has 0 saturated carbocycles. The molecule has 118 valence electrons. The van der Waals surface area contributed by atoms with Gasteiger partial charge in [0.2, 0.25) is 5.91 Å². The molecule has 6 heteroatoms. The number of carbonyl (C=O) groups is 2. The number of aryl methyl sites for hydroxylation is 1. The van der Waals surface area contributed by atoms with Crippen molar-refractivity contribution in [3.05, 3.63) is 57.8 Å². The lowest BCUT2D eigenvalue weighted by Gasteiger charge is -2.11. The number of amides is 2. The molecule has 4 nitrogen and oxygen atoms in total. The maximum atomic E-state index is 13.8. The standard InChI is InChI=1S/C17H14BrFN2O2/c18-11-5-7-13(14(19)8-11)17(23)20-12-6-4-10-2-1-3-16(22)21-15(10)9-12/h4-9H,1-3H2,(H,20,23)(H,21,22). The van der Waals surface area contributed by atoms with Gasteiger partial charge in [0.15, 0.2) is 0 Å². The van der Waals surface area contributed by atoms with Crippen molar-refractivity contribution in [2.75, 3.05) is 10.6 Å². The van der Waals surface area contributed by atoms with Crippen molar-refractivity contribution in [2.45, 2.75) is 19.3 Å². The first kappa shape index (κ1) is 15.7. The van der Waals surface area contributed by atoms with Crippen molar-refractivity contribution in [2.24, 2.45) is 0 Å². The van der Waals surface area contributed by atoms with E-state index in [9.17, 15) is 14.0 Å². The van der Waals surface area contributed by atoms with E-state index < -0.39 is 11.7 Å². The van der Waals surface area contributed by atoms with Crippen LogP contribution in [-0.2, 0) is 11.2 Å². The zero-order valence-electron chi connectivity index (χ0n) is 12.2. The first-order valence-electron chi connectivity index (χ1n) is 7.22. The van der Waals surface area contributed by atoms with Crippen molar-refractivity contribution in [1.29, 1.82) is 0 Å². The lowest BCUT2D eigenvalue weighted by molar-refractivity contribution is -0.116. The topological polar surface area (TPSA) is 58.2 Å². The third kappa shape index (κ3) is 3.59. The van der Waals surface area contributed by atoms with Crippen LogP contribution < -0.4 is 10.6 Å². The van der Waals surface area contributed by atoms with E-state index in [0.717, 1.165) is 18.4 Å². The Labute approximate surface area is 141 Å². The van der Waals surface area contributed by atoms with Crippen LogP contribution in [0.25, 0.3) is 0 Å². The summed E-state index contributed by atoms with van der Waals surface area (Å²) in [6, 6.07) is 9.59. The third-order valence-corrected chi connectivity index (χ3v) is 4.16. The smallest absolute Gasteiger partial charge is 0.258 e. The van der Waals surface area contributed by atoms with Crippen molar-refractivity contribution in [3.8, 4) is 0 Å². The van der Waals surface area contributed by atoms with Crippen LogP contribution in [0.2, 0.25) is 0 Å². The van der Waals surface area contributed by atoms with Crippen LogP contribution in [0.15, 0.2) is 40.9 Å². The van der Waals surface area contributed by atoms with Crippen molar-refractivity contribution in [3.63, 3.8) is 0 Å². The van der Waals surface area contributed by atoms with E-state index in [0.29, 0.717) is 22.3 Å². The van der Waals surface area contributed by atoms with E-state index in [1.165, 1.54) is 12.1 Å². The number of rotatable bonds is 2. The number of carbonyl (C=O) groups excluding carboxylic acids is 2. The molecular weight excluding hydrogens is 363 g/mol. The summed E-state index contributed by atoms with van der Waals surface area (Å²) in [4.78, 5) is 23.8. The molecule has 1 heterocycles. The van der Waals surface area contributed by atoms with Gasteiger partial charge in [0.25, 0.3) is 5.91 Å². The summed E-state index contributed by atoms with van der Waals surface area (Å²) in [5, 5.41) is 5.48. The first-order valence-corrected chi connectivity index (χ1v) is 8.01. The fourth-order valence-corrected chi connectivity index (χ4v) is 2.85. The van der Waals surface area contributed by atoms with E-state index in [1.54, 1.807) is 18.2 Å². The minimum absolute atomic E-state index is 0.0350. The van der Waals surface area contributed by atoms with Crippen LogP contribution >= 0.6 is 15.9 Å². The molecule has 0 aliphatic carbocycles. The quantitative estimate of drug-likeness (QED) is 0.828. The van der Waals surface area contributed by atoms with Crippen LogP contribution in [0, 0.1) is 5.82 Å². The third-order valence-electron chi connectivity index (χ3n) is 3.67. The molecule has 0 radical (unpaired) electrons. The average molecular weight is 377 g/mol. The number of fused-ring (bicyclic) bond motifs is 1. The second-order valence-electron chi connectivity index (χ2n) is 5.35. The molecule has 1 aliphatic heterocycles. The Morgan fingerprint density at radius 3 is 2.78 bits per heavy atom. The highest BCUT2D eigenvalue weighted by Gasteiger charge is 2.15. The summed E-state index contributed by atoms with van der Waals surface area (Å²) in [5.74, 6) is -1.17. The maximum Gasteiger partial charge on any atom is 0.258 e. The Morgan fingerprint density at radius 2 is 2.00 bits per heavy atom. The van der Waals surface area contributed by atoms with E-state index in [2.05, 4.69) is 26.6 Å². The fourth-order valence-electron chi connectivity index (χ4n) is 2.51. The molecule has 0 unspecified atom stereocenters. The second kappa shape index (κ2) is 6.50. The molecule has 2 N–H and O–H groups in total. The number of hydrogen-bond donors (Lipinski definition) is 2. The lowest BCUT2D eigenvalue weighted by Crippen LogP contribution is -2.14. The summed E-state index contributed by atoms with van der Waals surface area (Å²) in [7, 11) is 0. The minimum atomic E-state index is -0.597. The Balaban J connectivity index is 1.83. The maximum absolute atomic E-state index is 13.8. The average Bonchev–Trinajstić information content (AvgIpc) is 2.67. The molecule has 0 saturated heterocycles. The van der Waals surface area contributed by atoms with Crippen LogP contribution in [0.3, 0.4) is 0 Å². The second-order valence-corrected chi connectivity index (χ2v) is 6.27. The summed E-state index contributed by atoms with van der Waals surface area (Å²) >= 11 is 3.15. The van der Waals surface area contributed by atoms with Gasteiger partial charge in [-0.2, -0.15) is 0 Å². The number of halogens is 2. The van der Waals surface area contributed by atoms with E-state index >= 15 is 0 Å². The highest BCUT2D eigenvalue weighted by molar-refractivity contribution is 9.10. The zero-order valence-corrected chi connectivity index (χ0v) is 13.7. The number of nitrogens with one attached hydrogen (secondary N) is 2. The Bertz CT molecular complexity index is 792. The van der Waals surface area contributed by atoms with Gasteiger partial charge in [0, 0.05) is 22.3 Å². The molecule has 23 heavy (non-hydrogen) atoms. The zero-order chi connectivity index (χ0) is 16.4. The molecule has 0 aromatic heterocycles. The monoisotopic (exact) mass is 376 g/mol.